The number of aryl methyl sites for hydroxylation is 1. The van der Waals surface area contributed by atoms with Crippen LogP contribution in [0.1, 0.15) is 16.1 Å². The highest BCUT2D eigenvalue weighted by Gasteiger charge is 2.25. The summed E-state index contributed by atoms with van der Waals surface area (Å²) in [7, 11) is 1.50. The summed E-state index contributed by atoms with van der Waals surface area (Å²) in [5, 5.41) is 22.4. The lowest BCUT2D eigenvalue weighted by Gasteiger charge is -2.03. The SMILES string of the molecule is Cn1cc([N+](=O)[O-])c(C(=O)Nc2cnn(Cc3ccc(Cl)c(Cl)c3)c2)n1. The van der Waals surface area contributed by atoms with Crippen LogP contribution in [0.25, 0.3) is 0 Å². The average Bonchev–Trinajstić information content (AvgIpc) is 3.17. The molecule has 0 atom stereocenters. The van der Waals surface area contributed by atoms with Crippen LogP contribution >= 0.6 is 23.2 Å². The summed E-state index contributed by atoms with van der Waals surface area (Å²) in [6.07, 6.45) is 4.20. The number of rotatable bonds is 5. The van der Waals surface area contributed by atoms with E-state index in [0.29, 0.717) is 22.3 Å². The van der Waals surface area contributed by atoms with E-state index in [9.17, 15) is 14.9 Å². The van der Waals surface area contributed by atoms with Gasteiger partial charge in [0.15, 0.2) is 0 Å². The van der Waals surface area contributed by atoms with Gasteiger partial charge in [-0.25, -0.2) is 0 Å². The summed E-state index contributed by atoms with van der Waals surface area (Å²) in [4.78, 5) is 22.6. The minimum absolute atomic E-state index is 0.269. The first kappa shape index (κ1) is 17.9. The Bertz CT molecular complexity index is 997. The number of halogens is 2. The average molecular weight is 395 g/mol. The van der Waals surface area contributed by atoms with Crippen LogP contribution in [-0.4, -0.2) is 30.4 Å². The van der Waals surface area contributed by atoms with Crippen molar-refractivity contribution in [3.8, 4) is 0 Å². The molecular formula is C15H12Cl2N6O3. The topological polar surface area (TPSA) is 108 Å². The van der Waals surface area contributed by atoms with E-state index in [-0.39, 0.29) is 11.4 Å². The van der Waals surface area contributed by atoms with E-state index in [1.807, 2.05) is 6.07 Å². The molecule has 0 unspecified atom stereocenters. The second-order valence-corrected chi connectivity index (χ2v) is 6.24. The summed E-state index contributed by atoms with van der Waals surface area (Å²) in [6.45, 7) is 0.413. The van der Waals surface area contributed by atoms with Gasteiger partial charge in [0.1, 0.15) is 6.20 Å². The number of carbonyl (C=O) groups is 1. The van der Waals surface area contributed by atoms with E-state index in [4.69, 9.17) is 23.2 Å². The van der Waals surface area contributed by atoms with E-state index < -0.39 is 10.8 Å². The number of nitro groups is 1. The number of nitrogens with one attached hydrogen (secondary N) is 1. The van der Waals surface area contributed by atoms with E-state index in [1.54, 1.807) is 23.0 Å². The first-order valence-electron chi connectivity index (χ1n) is 7.29. The van der Waals surface area contributed by atoms with Gasteiger partial charge in [-0.05, 0) is 17.7 Å². The van der Waals surface area contributed by atoms with Gasteiger partial charge >= 0.3 is 5.69 Å². The molecular weight excluding hydrogens is 383 g/mol. The maximum atomic E-state index is 12.2. The molecule has 0 radical (unpaired) electrons. The summed E-state index contributed by atoms with van der Waals surface area (Å²) in [5.41, 5.74) is 0.624. The lowest BCUT2D eigenvalue weighted by molar-refractivity contribution is -0.385. The monoisotopic (exact) mass is 394 g/mol. The molecule has 26 heavy (non-hydrogen) atoms. The third-order valence-electron chi connectivity index (χ3n) is 3.44. The normalized spacial score (nSPS) is 10.7. The van der Waals surface area contributed by atoms with Gasteiger partial charge in [0, 0.05) is 13.2 Å². The Morgan fingerprint density at radius 1 is 1.31 bits per heavy atom. The van der Waals surface area contributed by atoms with E-state index in [1.165, 1.54) is 24.1 Å². The summed E-state index contributed by atoms with van der Waals surface area (Å²) >= 11 is 11.9. The number of hydrogen-bond acceptors (Lipinski definition) is 5. The van der Waals surface area contributed by atoms with Gasteiger partial charge in [0.05, 0.1) is 33.4 Å². The molecule has 134 valence electrons. The van der Waals surface area contributed by atoms with Crippen LogP contribution in [0.5, 0.6) is 0 Å². The molecule has 0 fully saturated rings. The quantitative estimate of drug-likeness (QED) is 0.528. The molecule has 0 saturated heterocycles. The van der Waals surface area contributed by atoms with Crippen LogP contribution in [-0.2, 0) is 13.6 Å². The van der Waals surface area contributed by atoms with Crippen molar-refractivity contribution in [2.24, 2.45) is 7.05 Å². The van der Waals surface area contributed by atoms with Gasteiger partial charge in [0.25, 0.3) is 5.91 Å². The number of hydrogen-bond donors (Lipinski definition) is 1. The highest BCUT2D eigenvalue weighted by Crippen LogP contribution is 2.23. The van der Waals surface area contributed by atoms with Gasteiger partial charge in [0.2, 0.25) is 5.69 Å². The van der Waals surface area contributed by atoms with Crippen molar-refractivity contribution >= 4 is 40.5 Å². The largest absolute Gasteiger partial charge is 0.320 e. The standard InChI is InChI=1S/C15H12Cl2N6O3/c1-21-8-13(23(25)26)14(20-21)15(24)19-10-5-18-22(7-10)6-9-2-3-11(16)12(17)4-9/h2-5,7-8H,6H2,1H3,(H,19,24). The van der Waals surface area contributed by atoms with Crippen LogP contribution in [0.15, 0.2) is 36.8 Å². The van der Waals surface area contributed by atoms with Gasteiger partial charge in [-0.1, -0.05) is 29.3 Å². The molecule has 11 heteroatoms. The second-order valence-electron chi connectivity index (χ2n) is 5.42. The van der Waals surface area contributed by atoms with E-state index in [2.05, 4.69) is 15.5 Å². The molecule has 0 bridgehead atoms. The Morgan fingerprint density at radius 3 is 2.77 bits per heavy atom. The Labute approximate surface area is 157 Å². The molecule has 0 aliphatic rings. The lowest BCUT2D eigenvalue weighted by Crippen LogP contribution is -2.14. The maximum absolute atomic E-state index is 12.2. The van der Waals surface area contributed by atoms with Gasteiger partial charge in [-0.15, -0.1) is 0 Å². The van der Waals surface area contributed by atoms with Crippen LogP contribution < -0.4 is 5.32 Å². The molecule has 3 rings (SSSR count). The van der Waals surface area contributed by atoms with E-state index in [0.717, 1.165) is 5.56 Å². The van der Waals surface area contributed by atoms with Crippen molar-refractivity contribution in [1.82, 2.24) is 19.6 Å². The molecule has 0 saturated carbocycles. The fourth-order valence-corrected chi connectivity index (χ4v) is 2.62. The van der Waals surface area contributed by atoms with Crippen LogP contribution in [0.3, 0.4) is 0 Å². The molecule has 1 aromatic carbocycles. The number of carbonyl (C=O) groups excluding carboxylic acids is 1. The summed E-state index contributed by atoms with van der Waals surface area (Å²) in [6, 6.07) is 5.22. The van der Waals surface area contributed by atoms with Crippen molar-refractivity contribution < 1.29 is 9.72 Å². The highest BCUT2D eigenvalue weighted by molar-refractivity contribution is 6.42. The highest BCUT2D eigenvalue weighted by atomic mass is 35.5. The molecule has 2 heterocycles. The predicted molar refractivity (Wildman–Crippen MR) is 95.6 cm³/mol. The number of nitrogens with zero attached hydrogens (tertiary/aromatic N) is 5. The van der Waals surface area contributed by atoms with Crippen LogP contribution in [0.4, 0.5) is 11.4 Å². The molecule has 1 N–H and O–H groups in total. The zero-order valence-electron chi connectivity index (χ0n) is 13.4. The lowest BCUT2D eigenvalue weighted by atomic mass is 10.2. The third-order valence-corrected chi connectivity index (χ3v) is 4.18. The second kappa shape index (κ2) is 7.14. The molecule has 0 aliphatic carbocycles. The van der Waals surface area contributed by atoms with Crippen molar-refractivity contribution in [2.75, 3.05) is 5.32 Å². The van der Waals surface area contributed by atoms with Gasteiger partial charge in [-0.2, -0.15) is 10.2 Å². The third kappa shape index (κ3) is 3.84. The van der Waals surface area contributed by atoms with Crippen LogP contribution in [0, 0.1) is 10.1 Å². The molecule has 1 amide bonds. The smallest absolute Gasteiger partial charge is 0.318 e. The Morgan fingerprint density at radius 2 is 2.08 bits per heavy atom. The van der Waals surface area contributed by atoms with Gasteiger partial charge in [-0.3, -0.25) is 24.3 Å². The molecule has 3 aromatic rings. The molecule has 9 nitrogen and oxygen atoms in total. The van der Waals surface area contributed by atoms with E-state index >= 15 is 0 Å². The minimum atomic E-state index is -0.689. The molecule has 0 aliphatic heterocycles. The first-order chi connectivity index (χ1) is 12.3. The summed E-state index contributed by atoms with van der Waals surface area (Å²) in [5.74, 6) is -0.689. The zero-order valence-corrected chi connectivity index (χ0v) is 14.9. The number of benzene rings is 1. The minimum Gasteiger partial charge on any atom is -0.318 e. The summed E-state index contributed by atoms with van der Waals surface area (Å²) < 4.78 is 2.79. The van der Waals surface area contributed by atoms with Crippen molar-refractivity contribution in [1.29, 1.82) is 0 Å². The Balaban J connectivity index is 1.73. The number of aromatic nitrogens is 4. The fourth-order valence-electron chi connectivity index (χ4n) is 2.30. The van der Waals surface area contributed by atoms with Crippen LogP contribution in [0.2, 0.25) is 10.0 Å². The molecule has 0 spiro atoms. The van der Waals surface area contributed by atoms with Crippen molar-refractivity contribution in [2.45, 2.75) is 6.54 Å². The fraction of sp³-hybridized carbons (Fsp3) is 0.133. The number of anilines is 1. The Hall–Kier alpha value is -2.91. The maximum Gasteiger partial charge on any atom is 0.320 e. The van der Waals surface area contributed by atoms with Crippen molar-refractivity contribution in [3.05, 3.63) is 68.2 Å². The zero-order chi connectivity index (χ0) is 18.8. The first-order valence-corrected chi connectivity index (χ1v) is 8.05. The molecule has 2 aromatic heterocycles. The van der Waals surface area contributed by atoms with Crippen molar-refractivity contribution in [3.63, 3.8) is 0 Å². The van der Waals surface area contributed by atoms with Gasteiger partial charge < -0.3 is 5.32 Å². The Kier molecular flexibility index (Phi) is 4.92. The predicted octanol–water partition coefficient (Wildman–Crippen LogP) is 3.13. The number of amides is 1.